The average molecular weight is 270 g/mol. The number of ether oxygens (including phenoxy) is 2. The summed E-state index contributed by atoms with van der Waals surface area (Å²) < 4.78 is 10.0. The summed E-state index contributed by atoms with van der Waals surface area (Å²) in [4.78, 5) is 14.2. The normalized spacial score (nSPS) is 16.9. The molecule has 0 aliphatic carbocycles. The van der Waals surface area contributed by atoms with E-state index in [2.05, 4.69) is 4.90 Å². The van der Waals surface area contributed by atoms with Gasteiger partial charge in [-0.25, -0.2) is 4.79 Å². The van der Waals surface area contributed by atoms with Crippen molar-refractivity contribution >= 4 is 28.0 Å². The lowest BCUT2D eigenvalue weighted by Gasteiger charge is -2.31. The van der Waals surface area contributed by atoms with Crippen molar-refractivity contribution in [1.29, 1.82) is 0 Å². The van der Waals surface area contributed by atoms with Gasteiger partial charge in [0, 0.05) is 20.2 Å². The number of hydrogen-bond donors (Lipinski definition) is 1. The predicted octanol–water partition coefficient (Wildman–Crippen LogP) is 1.73. The summed E-state index contributed by atoms with van der Waals surface area (Å²) in [7, 11) is 3.12. The van der Waals surface area contributed by atoms with E-state index in [0.29, 0.717) is 16.7 Å². The molecule has 18 heavy (non-hydrogen) atoms. The van der Waals surface area contributed by atoms with Gasteiger partial charge in [0.2, 0.25) is 0 Å². The van der Waals surface area contributed by atoms with E-state index in [1.54, 1.807) is 7.11 Å². The van der Waals surface area contributed by atoms with Crippen LogP contribution in [0.5, 0.6) is 0 Å². The van der Waals surface area contributed by atoms with Crippen molar-refractivity contribution in [3.63, 3.8) is 0 Å². The fraction of sp³-hybridized carbons (Fsp3) is 0.583. The van der Waals surface area contributed by atoms with Crippen LogP contribution >= 0.6 is 11.3 Å². The van der Waals surface area contributed by atoms with E-state index in [9.17, 15) is 4.79 Å². The minimum Gasteiger partial charge on any atom is -0.465 e. The maximum Gasteiger partial charge on any atom is 0.350 e. The molecule has 0 bridgehead atoms. The number of anilines is 2. The number of nitrogens with zero attached hydrogens (tertiary/aromatic N) is 1. The van der Waals surface area contributed by atoms with Crippen molar-refractivity contribution in [2.75, 3.05) is 37.9 Å². The number of thiophene rings is 1. The van der Waals surface area contributed by atoms with Crippen LogP contribution in [0.15, 0.2) is 6.07 Å². The van der Waals surface area contributed by atoms with Gasteiger partial charge in [0.1, 0.15) is 4.88 Å². The summed E-state index contributed by atoms with van der Waals surface area (Å²) in [6.07, 6.45) is 2.35. The van der Waals surface area contributed by atoms with Crippen LogP contribution < -0.4 is 10.6 Å². The molecule has 5 nitrogen and oxygen atoms in total. The van der Waals surface area contributed by atoms with Gasteiger partial charge in [-0.1, -0.05) is 0 Å². The van der Waals surface area contributed by atoms with E-state index in [1.165, 1.54) is 18.4 Å². The maximum atomic E-state index is 11.5. The number of nitrogens with two attached hydrogens (primary N) is 1. The van der Waals surface area contributed by atoms with Gasteiger partial charge in [-0.3, -0.25) is 0 Å². The zero-order chi connectivity index (χ0) is 13.1. The largest absolute Gasteiger partial charge is 0.465 e. The monoisotopic (exact) mass is 270 g/mol. The lowest BCUT2D eigenvalue weighted by atomic mass is 10.1. The zero-order valence-corrected chi connectivity index (χ0v) is 11.5. The van der Waals surface area contributed by atoms with Crippen molar-refractivity contribution in [1.82, 2.24) is 0 Å². The molecule has 100 valence electrons. The molecule has 1 aliphatic heterocycles. The maximum absolute atomic E-state index is 11.5. The molecule has 0 unspecified atom stereocenters. The van der Waals surface area contributed by atoms with Crippen molar-refractivity contribution in [3.8, 4) is 0 Å². The topological polar surface area (TPSA) is 64.8 Å². The first kappa shape index (κ1) is 13.2. The molecular weight excluding hydrogens is 252 g/mol. The number of piperidine rings is 1. The molecule has 1 aromatic heterocycles. The number of rotatable bonds is 3. The summed E-state index contributed by atoms with van der Waals surface area (Å²) in [5.41, 5.74) is 6.33. The SMILES string of the molecule is COC(=O)c1sc(N2CCC(OC)CC2)cc1N. The van der Waals surface area contributed by atoms with Crippen LogP contribution in [0.25, 0.3) is 0 Å². The Balaban J connectivity index is 2.08. The minimum atomic E-state index is -0.365. The summed E-state index contributed by atoms with van der Waals surface area (Å²) in [5.74, 6) is -0.365. The van der Waals surface area contributed by atoms with Crippen molar-refractivity contribution in [2.24, 2.45) is 0 Å². The summed E-state index contributed by atoms with van der Waals surface area (Å²) in [5, 5.41) is 1.03. The Morgan fingerprint density at radius 1 is 1.44 bits per heavy atom. The standard InChI is InChI=1S/C12H18N2O3S/c1-16-8-3-5-14(6-4-8)10-7-9(13)11(18-10)12(15)17-2/h7-8H,3-6,13H2,1-2H3. The minimum absolute atomic E-state index is 0.346. The third kappa shape index (κ3) is 2.59. The molecule has 0 spiro atoms. The summed E-state index contributed by atoms with van der Waals surface area (Å²) in [6.45, 7) is 1.86. The number of carbonyl (C=O) groups excluding carboxylic acids is 1. The second-order valence-corrected chi connectivity index (χ2v) is 5.31. The molecule has 0 aromatic carbocycles. The Hall–Kier alpha value is -1.27. The highest BCUT2D eigenvalue weighted by molar-refractivity contribution is 7.18. The van der Waals surface area contributed by atoms with Crippen LogP contribution in [-0.4, -0.2) is 39.4 Å². The smallest absolute Gasteiger partial charge is 0.350 e. The Kier molecular flexibility index (Phi) is 4.08. The van der Waals surface area contributed by atoms with Gasteiger partial charge < -0.3 is 20.1 Å². The molecule has 2 N–H and O–H groups in total. The third-order valence-corrected chi connectivity index (χ3v) is 4.40. The van der Waals surface area contributed by atoms with Gasteiger partial charge in [-0.05, 0) is 18.9 Å². The second-order valence-electron chi connectivity index (χ2n) is 4.28. The Morgan fingerprint density at radius 3 is 2.67 bits per heavy atom. The Morgan fingerprint density at radius 2 is 2.11 bits per heavy atom. The molecule has 2 heterocycles. The van der Waals surface area contributed by atoms with Gasteiger partial charge in [0.25, 0.3) is 0 Å². The fourth-order valence-corrected chi connectivity index (χ4v) is 3.16. The van der Waals surface area contributed by atoms with Crippen LogP contribution in [0.1, 0.15) is 22.5 Å². The molecule has 6 heteroatoms. The molecular formula is C12H18N2O3S. The quantitative estimate of drug-likeness (QED) is 0.847. The van der Waals surface area contributed by atoms with Gasteiger partial charge in [-0.2, -0.15) is 0 Å². The van der Waals surface area contributed by atoms with Crippen LogP contribution in [0.2, 0.25) is 0 Å². The summed E-state index contributed by atoms with van der Waals surface area (Å²) in [6, 6.07) is 1.85. The molecule has 1 aliphatic rings. The number of carbonyl (C=O) groups is 1. The van der Waals surface area contributed by atoms with E-state index in [4.69, 9.17) is 15.2 Å². The Labute approximate surface area is 110 Å². The van der Waals surface area contributed by atoms with Crippen molar-refractivity contribution in [2.45, 2.75) is 18.9 Å². The highest BCUT2D eigenvalue weighted by atomic mass is 32.1. The highest BCUT2D eigenvalue weighted by Gasteiger charge is 2.22. The van der Waals surface area contributed by atoms with Gasteiger partial charge in [0.15, 0.2) is 0 Å². The van der Waals surface area contributed by atoms with Crippen LogP contribution in [0.4, 0.5) is 10.7 Å². The fourth-order valence-electron chi connectivity index (χ4n) is 2.11. The van der Waals surface area contributed by atoms with E-state index in [0.717, 1.165) is 30.9 Å². The first-order chi connectivity index (χ1) is 8.65. The number of hydrogen-bond acceptors (Lipinski definition) is 6. The molecule has 0 atom stereocenters. The molecule has 2 rings (SSSR count). The van der Waals surface area contributed by atoms with Crippen molar-refractivity contribution < 1.29 is 14.3 Å². The molecule has 1 aromatic rings. The number of methoxy groups -OCH3 is 2. The van der Waals surface area contributed by atoms with E-state index in [1.807, 2.05) is 6.07 Å². The van der Waals surface area contributed by atoms with Crippen LogP contribution in [-0.2, 0) is 9.47 Å². The van der Waals surface area contributed by atoms with E-state index in [-0.39, 0.29) is 5.97 Å². The predicted molar refractivity (Wildman–Crippen MR) is 72.3 cm³/mol. The third-order valence-electron chi connectivity index (χ3n) is 3.21. The highest BCUT2D eigenvalue weighted by Crippen LogP contribution is 2.34. The molecule has 1 fully saturated rings. The number of esters is 1. The summed E-state index contributed by atoms with van der Waals surface area (Å²) >= 11 is 1.39. The first-order valence-electron chi connectivity index (χ1n) is 5.91. The zero-order valence-electron chi connectivity index (χ0n) is 10.6. The van der Waals surface area contributed by atoms with E-state index < -0.39 is 0 Å². The van der Waals surface area contributed by atoms with Crippen molar-refractivity contribution in [3.05, 3.63) is 10.9 Å². The number of nitrogen functional groups attached to an aromatic ring is 1. The van der Waals surface area contributed by atoms with Crippen LogP contribution in [0.3, 0.4) is 0 Å². The lowest BCUT2D eigenvalue weighted by molar-refractivity contribution is 0.0607. The lowest BCUT2D eigenvalue weighted by Crippen LogP contribution is -2.36. The molecule has 1 saturated heterocycles. The van der Waals surface area contributed by atoms with Gasteiger partial charge >= 0.3 is 5.97 Å². The molecule has 0 radical (unpaired) electrons. The molecule has 0 amide bonds. The first-order valence-corrected chi connectivity index (χ1v) is 6.72. The second kappa shape index (κ2) is 5.58. The Bertz CT molecular complexity index is 425. The van der Waals surface area contributed by atoms with Gasteiger partial charge in [-0.15, -0.1) is 11.3 Å². The molecule has 0 saturated carbocycles. The van der Waals surface area contributed by atoms with Gasteiger partial charge in [0.05, 0.1) is 23.9 Å². The average Bonchev–Trinajstić information content (AvgIpc) is 2.80. The van der Waals surface area contributed by atoms with Crippen LogP contribution in [0, 0.1) is 0 Å². The van der Waals surface area contributed by atoms with E-state index >= 15 is 0 Å².